The lowest BCUT2D eigenvalue weighted by Gasteiger charge is -2.35. The maximum Gasteiger partial charge on any atom is 0.123 e. The Hall–Kier alpha value is -0.970. The normalized spacial score (nSPS) is 23.8. The van der Waals surface area contributed by atoms with Crippen LogP contribution in [0.15, 0.2) is 18.2 Å². The summed E-state index contributed by atoms with van der Waals surface area (Å²) >= 11 is 0. The highest BCUT2D eigenvalue weighted by molar-refractivity contribution is 5.27. The standard InChI is InChI=1S/C15H23FN2O/c1-18(14-4-2-3-5-15(14)19)10-12-8-13(16)7-6-11(12)9-17/h6-8,14-15,19H,2-5,9-10,17H2,1H3. The third-order valence-electron chi connectivity index (χ3n) is 4.07. The van der Waals surface area contributed by atoms with E-state index in [1.807, 2.05) is 7.05 Å². The molecule has 0 amide bonds. The molecule has 3 N–H and O–H groups in total. The van der Waals surface area contributed by atoms with Crippen molar-refractivity contribution in [1.29, 1.82) is 0 Å². The molecular weight excluding hydrogens is 243 g/mol. The summed E-state index contributed by atoms with van der Waals surface area (Å²) in [5.41, 5.74) is 7.58. The van der Waals surface area contributed by atoms with Crippen LogP contribution < -0.4 is 5.73 Å². The molecule has 3 nitrogen and oxygen atoms in total. The number of aliphatic hydroxyl groups is 1. The van der Waals surface area contributed by atoms with Gasteiger partial charge in [-0.2, -0.15) is 0 Å². The lowest BCUT2D eigenvalue weighted by molar-refractivity contribution is 0.0287. The van der Waals surface area contributed by atoms with E-state index in [2.05, 4.69) is 4.90 Å². The van der Waals surface area contributed by atoms with Gasteiger partial charge in [0.05, 0.1) is 6.10 Å². The predicted octanol–water partition coefficient (Wildman–Crippen LogP) is 2.02. The summed E-state index contributed by atoms with van der Waals surface area (Å²) in [6, 6.07) is 4.91. The van der Waals surface area contributed by atoms with Gasteiger partial charge in [-0.1, -0.05) is 18.9 Å². The Morgan fingerprint density at radius 3 is 2.74 bits per heavy atom. The van der Waals surface area contributed by atoms with Crippen molar-refractivity contribution in [2.45, 2.75) is 50.9 Å². The van der Waals surface area contributed by atoms with E-state index in [0.717, 1.165) is 36.8 Å². The Labute approximate surface area is 114 Å². The number of benzene rings is 1. The summed E-state index contributed by atoms with van der Waals surface area (Å²) in [5.74, 6) is -0.232. The summed E-state index contributed by atoms with van der Waals surface area (Å²) in [7, 11) is 1.99. The van der Waals surface area contributed by atoms with Crippen LogP contribution in [0.25, 0.3) is 0 Å². The first-order valence-corrected chi connectivity index (χ1v) is 6.97. The van der Waals surface area contributed by atoms with Crippen molar-refractivity contribution in [2.75, 3.05) is 7.05 Å². The lowest BCUT2D eigenvalue weighted by atomic mass is 9.91. The van der Waals surface area contributed by atoms with E-state index in [1.54, 1.807) is 12.1 Å². The van der Waals surface area contributed by atoms with Crippen LogP contribution in [0, 0.1) is 5.82 Å². The Kier molecular flexibility index (Phi) is 4.91. The topological polar surface area (TPSA) is 49.5 Å². The second kappa shape index (κ2) is 6.46. The van der Waals surface area contributed by atoms with Crippen molar-refractivity contribution in [3.8, 4) is 0 Å². The van der Waals surface area contributed by atoms with Crippen LogP contribution in [-0.2, 0) is 13.1 Å². The number of rotatable bonds is 4. The highest BCUT2D eigenvalue weighted by atomic mass is 19.1. The van der Waals surface area contributed by atoms with Gasteiger partial charge in [-0.05, 0) is 43.1 Å². The molecule has 1 aromatic carbocycles. The molecule has 0 aromatic heterocycles. The number of aliphatic hydroxyl groups excluding tert-OH is 1. The van der Waals surface area contributed by atoms with Crippen LogP contribution in [0.5, 0.6) is 0 Å². The predicted molar refractivity (Wildman–Crippen MR) is 74.0 cm³/mol. The van der Waals surface area contributed by atoms with Crippen LogP contribution in [0.1, 0.15) is 36.8 Å². The van der Waals surface area contributed by atoms with E-state index in [-0.39, 0.29) is 18.0 Å². The van der Waals surface area contributed by atoms with Crippen LogP contribution in [0.4, 0.5) is 4.39 Å². The maximum absolute atomic E-state index is 13.3. The number of nitrogens with zero attached hydrogens (tertiary/aromatic N) is 1. The van der Waals surface area contributed by atoms with Gasteiger partial charge in [0.2, 0.25) is 0 Å². The number of likely N-dealkylation sites (N-methyl/N-ethyl adjacent to an activating group) is 1. The van der Waals surface area contributed by atoms with Gasteiger partial charge in [-0.3, -0.25) is 4.90 Å². The molecule has 1 aromatic rings. The highest BCUT2D eigenvalue weighted by Gasteiger charge is 2.26. The summed E-state index contributed by atoms with van der Waals surface area (Å²) in [6.45, 7) is 1.04. The highest BCUT2D eigenvalue weighted by Crippen LogP contribution is 2.24. The molecule has 2 rings (SSSR count). The van der Waals surface area contributed by atoms with Crippen LogP contribution in [0.2, 0.25) is 0 Å². The second-order valence-electron chi connectivity index (χ2n) is 5.45. The van der Waals surface area contributed by atoms with E-state index < -0.39 is 0 Å². The van der Waals surface area contributed by atoms with Crippen molar-refractivity contribution in [3.63, 3.8) is 0 Å². The molecule has 4 heteroatoms. The molecule has 1 aliphatic rings. The van der Waals surface area contributed by atoms with Gasteiger partial charge in [0.1, 0.15) is 5.82 Å². The van der Waals surface area contributed by atoms with E-state index in [4.69, 9.17) is 5.73 Å². The van der Waals surface area contributed by atoms with E-state index in [1.165, 1.54) is 6.07 Å². The molecule has 0 spiro atoms. The fraction of sp³-hybridized carbons (Fsp3) is 0.600. The Balaban J connectivity index is 2.09. The lowest BCUT2D eigenvalue weighted by Crippen LogP contribution is -2.43. The quantitative estimate of drug-likeness (QED) is 0.876. The molecule has 0 saturated heterocycles. The molecule has 1 fully saturated rings. The van der Waals surface area contributed by atoms with Crippen molar-refractivity contribution in [2.24, 2.45) is 5.73 Å². The SMILES string of the molecule is CN(Cc1cc(F)ccc1CN)C1CCCCC1O. The fourth-order valence-corrected chi connectivity index (χ4v) is 2.93. The van der Waals surface area contributed by atoms with Crippen molar-refractivity contribution in [3.05, 3.63) is 35.1 Å². The molecule has 0 aliphatic heterocycles. The Bertz CT molecular complexity index is 425. The molecule has 0 radical (unpaired) electrons. The molecule has 1 aliphatic carbocycles. The van der Waals surface area contributed by atoms with Crippen LogP contribution in [0.3, 0.4) is 0 Å². The first-order chi connectivity index (χ1) is 9.11. The molecule has 0 bridgehead atoms. The van der Waals surface area contributed by atoms with E-state index >= 15 is 0 Å². The minimum absolute atomic E-state index is 0.169. The zero-order valence-corrected chi connectivity index (χ0v) is 11.5. The van der Waals surface area contributed by atoms with Crippen molar-refractivity contribution < 1.29 is 9.50 Å². The average molecular weight is 266 g/mol. The summed E-state index contributed by atoms with van der Waals surface area (Å²) in [4.78, 5) is 2.12. The van der Waals surface area contributed by atoms with Crippen molar-refractivity contribution >= 4 is 0 Å². The zero-order valence-electron chi connectivity index (χ0n) is 11.5. The molecule has 1 saturated carbocycles. The largest absolute Gasteiger partial charge is 0.391 e. The summed E-state index contributed by atoms with van der Waals surface area (Å²) in [5, 5.41) is 10.1. The third-order valence-corrected chi connectivity index (χ3v) is 4.07. The molecule has 2 unspecified atom stereocenters. The van der Waals surface area contributed by atoms with Crippen LogP contribution >= 0.6 is 0 Å². The number of hydrogen-bond acceptors (Lipinski definition) is 3. The van der Waals surface area contributed by atoms with Gasteiger partial charge in [-0.15, -0.1) is 0 Å². The monoisotopic (exact) mass is 266 g/mol. The molecule has 0 heterocycles. The first kappa shape index (κ1) is 14.4. The zero-order chi connectivity index (χ0) is 13.8. The summed E-state index contributed by atoms with van der Waals surface area (Å²) < 4.78 is 13.3. The van der Waals surface area contributed by atoms with E-state index in [9.17, 15) is 9.50 Å². The number of hydrogen-bond donors (Lipinski definition) is 2. The van der Waals surface area contributed by atoms with Gasteiger partial charge in [0, 0.05) is 19.1 Å². The average Bonchev–Trinajstić information content (AvgIpc) is 2.39. The van der Waals surface area contributed by atoms with Gasteiger partial charge in [0.15, 0.2) is 0 Å². The number of halogens is 1. The molecule has 2 atom stereocenters. The van der Waals surface area contributed by atoms with Gasteiger partial charge in [-0.25, -0.2) is 4.39 Å². The first-order valence-electron chi connectivity index (χ1n) is 6.97. The summed E-state index contributed by atoms with van der Waals surface area (Å²) in [6.07, 6.45) is 3.85. The van der Waals surface area contributed by atoms with Gasteiger partial charge < -0.3 is 10.8 Å². The third kappa shape index (κ3) is 3.53. The Morgan fingerprint density at radius 1 is 1.32 bits per heavy atom. The smallest absolute Gasteiger partial charge is 0.123 e. The minimum Gasteiger partial charge on any atom is -0.391 e. The molecule has 106 valence electrons. The maximum atomic E-state index is 13.3. The fourth-order valence-electron chi connectivity index (χ4n) is 2.93. The minimum atomic E-state index is -0.270. The second-order valence-corrected chi connectivity index (χ2v) is 5.45. The van der Waals surface area contributed by atoms with Crippen molar-refractivity contribution in [1.82, 2.24) is 4.90 Å². The van der Waals surface area contributed by atoms with Gasteiger partial charge in [0.25, 0.3) is 0 Å². The van der Waals surface area contributed by atoms with Gasteiger partial charge >= 0.3 is 0 Å². The molecule has 19 heavy (non-hydrogen) atoms. The van der Waals surface area contributed by atoms with E-state index in [0.29, 0.717) is 13.1 Å². The molecular formula is C15H23FN2O. The number of nitrogens with two attached hydrogens (primary N) is 1. The Morgan fingerprint density at radius 2 is 2.05 bits per heavy atom. The van der Waals surface area contributed by atoms with Crippen LogP contribution in [-0.4, -0.2) is 29.2 Å².